The van der Waals surface area contributed by atoms with Gasteiger partial charge in [-0.25, -0.2) is 9.36 Å². The van der Waals surface area contributed by atoms with E-state index in [0.29, 0.717) is 28.1 Å². The number of rotatable bonds is 3. The Morgan fingerprint density at radius 2 is 1.77 bits per heavy atom. The predicted octanol–water partition coefficient (Wildman–Crippen LogP) is 2.66. The van der Waals surface area contributed by atoms with Crippen molar-refractivity contribution in [2.45, 2.75) is 57.7 Å². The molecule has 0 bridgehead atoms. The first-order valence-electron chi connectivity index (χ1n) is 10.3. The minimum Gasteiger partial charge on any atom is -0.507 e. The third-order valence-corrected chi connectivity index (χ3v) is 5.68. The van der Waals surface area contributed by atoms with Crippen LogP contribution >= 0.6 is 0 Å². The molecule has 10 heteroatoms. The van der Waals surface area contributed by atoms with Crippen LogP contribution in [-0.2, 0) is 0 Å². The Bertz CT molecular complexity index is 1230. The van der Waals surface area contributed by atoms with Crippen molar-refractivity contribution in [3.63, 3.8) is 0 Å². The van der Waals surface area contributed by atoms with E-state index in [4.69, 9.17) is 0 Å². The molecule has 1 aromatic carbocycles. The number of aromatic nitrogens is 8. The van der Waals surface area contributed by atoms with Gasteiger partial charge in [-0.3, -0.25) is 0 Å². The molecule has 0 atom stereocenters. The highest BCUT2D eigenvalue weighted by molar-refractivity contribution is 5.77. The Labute approximate surface area is 179 Å². The molecule has 0 unspecified atom stereocenters. The van der Waals surface area contributed by atoms with Crippen LogP contribution in [0.5, 0.6) is 5.75 Å². The van der Waals surface area contributed by atoms with Crippen LogP contribution in [0, 0.1) is 0 Å². The van der Waals surface area contributed by atoms with Gasteiger partial charge < -0.3 is 10.4 Å². The molecule has 4 heterocycles. The topological polar surface area (TPSA) is 119 Å². The van der Waals surface area contributed by atoms with Gasteiger partial charge in [-0.05, 0) is 58.7 Å². The maximum atomic E-state index is 10.6. The number of benzene rings is 1. The molecule has 5 rings (SSSR count). The van der Waals surface area contributed by atoms with Crippen molar-refractivity contribution in [2.75, 3.05) is 0 Å². The minimum atomic E-state index is -0.0182. The van der Waals surface area contributed by atoms with E-state index in [2.05, 4.69) is 63.8 Å². The monoisotopic (exact) mass is 419 g/mol. The van der Waals surface area contributed by atoms with E-state index in [1.807, 2.05) is 16.8 Å². The van der Waals surface area contributed by atoms with Gasteiger partial charge in [0.2, 0.25) is 5.65 Å². The van der Waals surface area contributed by atoms with Gasteiger partial charge in [0.15, 0.2) is 0 Å². The van der Waals surface area contributed by atoms with Crippen LogP contribution in [0.3, 0.4) is 0 Å². The summed E-state index contributed by atoms with van der Waals surface area (Å²) in [6.45, 7) is 8.82. The van der Waals surface area contributed by atoms with Crippen LogP contribution in [0.1, 0.15) is 46.6 Å². The fourth-order valence-electron chi connectivity index (χ4n) is 4.79. The van der Waals surface area contributed by atoms with Crippen LogP contribution in [0.15, 0.2) is 36.7 Å². The average Bonchev–Trinajstić information content (AvgIpc) is 3.35. The molecule has 1 aliphatic rings. The molecule has 2 N–H and O–H groups in total. The average molecular weight is 419 g/mol. The molecule has 31 heavy (non-hydrogen) atoms. The van der Waals surface area contributed by atoms with Crippen molar-refractivity contribution in [3.8, 4) is 22.7 Å². The molecule has 1 saturated heterocycles. The van der Waals surface area contributed by atoms with E-state index in [0.717, 1.165) is 12.8 Å². The van der Waals surface area contributed by atoms with Gasteiger partial charge in [0.1, 0.15) is 11.3 Å². The minimum absolute atomic E-state index is 0.0182. The highest BCUT2D eigenvalue weighted by Gasteiger charge is 2.39. The molecule has 0 spiro atoms. The quantitative estimate of drug-likeness (QED) is 0.520. The molecule has 4 aromatic rings. The van der Waals surface area contributed by atoms with Crippen LogP contribution in [0.2, 0.25) is 0 Å². The van der Waals surface area contributed by atoms with Gasteiger partial charge in [-0.15, -0.1) is 20.4 Å². The molecule has 0 saturated carbocycles. The number of nitrogens with one attached hydrogen (secondary N) is 1. The molecule has 160 valence electrons. The van der Waals surface area contributed by atoms with Gasteiger partial charge in [0.05, 0.1) is 29.8 Å². The summed E-state index contributed by atoms with van der Waals surface area (Å²) in [6.07, 6.45) is 5.13. The second kappa shape index (κ2) is 6.81. The lowest BCUT2D eigenvalue weighted by molar-refractivity contribution is 0.127. The lowest BCUT2D eigenvalue weighted by Crippen LogP contribution is -2.58. The van der Waals surface area contributed by atoms with Gasteiger partial charge in [-0.1, -0.05) is 10.4 Å². The zero-order valence-electron chi connectivity index (χ0n) is 18.0. The number of hydrogen-bond acceptors (Lipinski definition) is 8. The van der Waals surface area contributed by atoms with Crippen LogP contribution < -0.4 is 5.32 Å². The Hall–Kier alpha value is -3.40. The first-order chi connectivity index (χ1) is 14.7. The predicted molar refractivity (Wildman–Crippen MR) is 115 cm³/mol. The van der Waals surface area contributed by atoms with Crippen molar-refractivity contribution >= 4 is 11.2 Å². The number of fused-ring (bicyclic) bond motifs is 1. The molecule has 0 radical (unpaired) electrons. The van der Waals surface area contributed by atoms with E-state index >= 15 is 0 Å². The van der Waals surface area contributed by atoms with Gasteiger partial charge in [0, 0.05) is 22.7 Å². The Morgan fingerprint density at radius 3 is 2.45 bits per heavy atom. The molecule has 1 fully saturated rings. The summed E-state index contributed by atoms with van der Waals surface area (Å²) in [5, 5.41) is 39.5. The summed E-state index contributed by atoms with van der Waals surface area (Å²) >= 11 is 0. The summed E-state index contributed by atoms with van der Waals surface area (Å²) in [6, 6.07) is 7.22. The van der Waals surface area contributed by atoms with E-state index in [9.17, 15) is 5.11 Å². The molecule has 0 amide bonds. The first kappa shape index (κ1) is 19.6. The van der Waals surface area contributed by atoms with E-state index < -0.39 is 0 Å². The third-order valence-electron chi connectivity index (χ3n) is 5.68. The zero-order valence-corrected chi connectivity index (χ0v) is 18.0. The van der Waals surface area contributed by atoms with Crippen molar-refractivity contribution in [3.05, 3.63) is 36.7 Å². The van der Waals surface area contributed by atoms with E-state index in [1.165, 1.54) is 0 Å². The normalized spacial score (nSPS) is 18.5. The summed E-state index contributed by atoms with van der Waals surface area (Å²) in [4.78, 5) is 0. The van der Waals surface area contributed by atoms with E-state index in [1.54, 1.807) is 29.2 Å². The fourth-order valence-corrected chi connectivity index (χ4v) is 4.79. The van der Waals surface area contributed by atoms with Crippen LogP contribution in [0.4, 0.5) is 0 Å². The van der Waals surface area contributed by atoms with Crippen LogP contribution in [-0.4, -0.2) is 56.4 Å². The highest BCUT2D eigenvalue weighted by atomic mass is 16.3. The molecule has 10 nitrogen and oxygen atoms in total. The maximum absolute atomic E-state index is 10.6. The second-order valence-corrected chi connectivity index (χ2v) is 9.48. The Balaban J connectivity index is 1.49. The Morgan fingerprint density at radius 1 is 1.00 bits per heavy atom. The number of nitrogens with zero attached hydrogens (tertiary/aromatic N) is 8. The maximum Gasteiger partial charge on any atom is 0.201 e. The highest BCUT2D eigenvalue weighted by Crippen LogP contribution is 2.37. The van der Waals surface area contributed by atoms with Crippen molar-refractivity contribution < 1.29 is 5.11 Å². The smallest absolute Gasteiger partial charge is 0.201 e. The third kappa shape index (κ3) is 3.63. The number of hydrogen-bond donors (Lipinski definition) is 2. The second-order valence-electron chi connectivity index (χ2n) is 9.48. The standard InChI is InChI=1S/C21H25N9O/c1-20(2)11-14(12-21(3,4)26-20)30-19-17(24-28-30)10-16(23-25-19)15-6-5-13(9-18(15)31)29-8-7-22-27-29/h5-10,14,26,31H,11-12H2,1-4H3. The molecule has 0 aliphatic carbocycles. The molecular formula is C21H25N9O. The molecule has 1 aliphatic heterocycles. The van der Waals surface area contributed by atoms with Crippen LogP contribution in [0.25, 0.3) is 28.1 Å². The lowest BCUT2D eigenvalue weighted by Gasteiger charge is -2.46. The number of aromatic hydroxyl groups is 1. The number of phenols is 1. The fraction of sp³-hybridized carbons (Fsp3) is 0.429. The van der Waals surface area contributed by atoms with Crippen molar-refractivity contribution in [1.82, 2.24) is 45.5 Å². The van der Waals surface area contributed by atoms with E-state index in [-0.39, 0.29) is 22.9 Å². The van der Waals surface area contributed by atoms with Gasteiger partial charge in [-0.2, -0.15) is 0 Å². The first-order valence-corrected chi connectivity index (χ1v) is 10.3. The number of piperidine rings is 1. The zero-order chi connectivity index (χ0) is 21.8. The van der Waals surface area contributed by atoms with Crippen molar-refractivity contribution in [1.29, 1.82) is 0 Å². The molecule has 3 aromatic heterocycles. The summed E-state index contributed by atoms with van der Waals surface area (Å²) in [5.41, 5.74) is 3.07. The summed E-state index contributed by atoms with van der Waals surface area (Å²) < 4.78 is 3.47. The molecular weight excluding hydrogens is 394 g/mol. The number of phenolic OH excluding ortho intramolecular Hbond substituents is 1. The van der Waals surface area contributed by atoms with Crippen molar-refractivity contribution in [2.24, 2.45) is 0 Å². The largest absolute Gasteiger partial charge is 0.507 e. The summed E-state index contributed by atoms with van der Waals surface area (Å²) in [7, 11) is 0. The Kier molecular flexibility index (Phi) is 4.30. The lowest BCUT2D eigenvalue weighted by atomic mass is 9.80. The van der Waals surface area contributed by atoms with Gasteiger partial charge in [0.25, 0.3) is 0 Å². The SMILES string of the molecule is CC1(C)CC(n2nnc3cc(-c4ccc(-n5ccnn5)cc4O)nnc32)CC(C)(C)N1. The van der Waals surface area contributed by atoms with Gasteiger partial charge >= 0.3 is 0 Å². The summed E-state index contributed by atoms with van der Waals surface area (Å²) in [5.74, 6) is 0.0795.